The minimum atomic E-state index is -0.781. The van der Waals surface area contributed by atoms with E-state index < -0.39 is 17.7 Å². The van der Waals surface area contributed by atoms with Crippen molar-refractivity contribution in [3.8, 4) is 0 Å². The molecular formula is C16H22O5. The summed E-state index contributed by atoms with van der Waals surface area (Å²) in [5.74, 6) is 0.611. The number of hydrogen-bond acceptors (Lipinski definition) is 5. The summed E-state index contributed by atoms with van der Waals surface area (Å²) < 4.78 is 12.0. The predicted molar refractivity (Wildman–Crippen MR) is 72.6 cm³/mol. The van der Waals surface area contributed by atoms with Crippen molar-refractivity contribution in [2.75, 3.05) is 0 Å². The number of aldehydes is 1. The smallest absolute Gasteiger partial charge is 0.236 e. The molecule has 5 nitrogen and oxygen atoms in total. The molecule has 116 valence electrons. The number of fused-ring (bicyclic) bond motifs is 2. The van der Waals surface area contributed by atoms with Gasteiger partial charge in [-0.15, -0.1) is 0 Å². The normalized spacial score (nSPS) is 52.0. The molecule has 0 aromatic carbocycles. The highest BCUT2D eigenvalue weighted by atomic mass is 17.3. The summed E-state index contributed by atoms with van der Waals surface area (Å²) in [6, 6.07) is 0. The van der Waals surface area contributed by atoms with Gasteiger partial charge in [0.25, 0.3) is 0 Å². The minimum absolute atomic E-state index is 0.125. The second kappa shape index (κ2) is 4.31. The second-order valence-electron chi connectivity index (χ2n) is 7.14. The van der Waals surface area contributed by atoms with Gasteiger partial charge in [-0.25, -0.2) is 9.78 Å². The van der Waals surface area contributed by atoms with Gasteiger partial charge in [0.2, 0.25) is 12.1 Å². The van der Waals surface area contributed by atoms with Gasteiger partial charge in [0, 0.05) is 18.3 Å². The Labute approximate surface area is 124 Å². The van der Waals surface area contributed by atoms with Crippen molar-refractivity contribution >= 4 is 6.29 Å². The Morgan fingerprint density at radius 3 is 2.81 bits per heavy atom. The van der Waals surface area contributed by atoms with E-state index in [-0.39, 0.29) is 5.92 Å². The molecule has 21 heavy (non-hydrogen) atoms. The Morgan fingerprint density at radius 2 is 2.05 bits per heavy atom. The van der Waals surface area contributed by atoms with Gasteiger partial charge in [-0.1, -0.05) is 6.92 Å². The van der Waals surface area contributed by atoms with E-state index in [2.05, 4.69) is 6.92 Å². The maximum Gasteiger partial charge on any atom is 0.236 e. The van der Waals surface area contributed by atoms with E-state index in [1.54, 1.807) is 0 Å². The molecule has 6 atom stereocenters. The molecule has 0 radical (unpaired) electrons. The van der Waals surface area contributed by atoms with Gasteiger partial charge in [-0.2, -0.15) is 0 Å². The molecule has 0 amide bonds. The Kier molecular flexibility index (Phi) is 2.82. The van der Waals surface area contributed by atoms with Crippen molar-refractivity contribution in [3.05, 3.63) is 11.3 Å². The monoisotopic (exact) mass is 294 g/mol. The van der Waals surface area contributed by atoms with E-state index in [0.717, 1.165) is 37.5 Å². The number of ether oxygens (including phenoxy) is 2. The summed E-state index contributed by atoms with van der Waals surface area (Å²) in [5, 5.41) is 0. The lowest BCUT2D eigenvalue weighted by Crippen LogP contribution is -2.66. The molecule has 1 unspecified atom stereocenters. The van der Waals surface area contributed by atoms with Gasteiger partial charge in [0.15, 0.2) is 17.6 Å². The second-order valence-corrected chi connectivity index (χ2v) is 7.14. The number of carbonyl (C=O) groups excluding carboxylic acids is 1. The van der Waals surface area contributed by atoms with Crippen molar-refractivity contribution in [2.45, 2.75) is 64.1 Å². The Morgan fingerprint density at radius 1 is 1.24 bits per heavy atom. The summed E-state index contributed by atoms with van der Waals surface area (Å²) in [7, 11) is 0. The standard InChI is InChI=1S/C16H22O5/c1-9-4-5-12-10(2)13(8-17)18-14-16(12)11(9)6-7-15(3,19-14)20-21-16/h8-9,11-12,14H,4-7H2,1-3H3/t9-,11+,12+,14?,15+,16-/m1/s1. The molecule has 4 fully saturated rings. The first-order chi connectivity index (χ1) is 10.00. The summed E-state index contributed by atoms with van der Waals surface area (Å²) in [4.78, 5) is 23.0. The first-order valence-electron chi connectivity index (χ1n) is 7.87. The number of rotatable bonds is 1. The molecule has 0 aromatic rings. The van der Waals surface area contributed by atoms with Gasteiger partial charge in [-0.3, -0.25) is 4.79 Å². The van der Waals surface area contributed by atoms with E-state index in [0.29, 0.717) is 17.6 Å². The molecule has 1 spiro atoms. The third-order valence-electron chi connectivity index (χ3n) is 5.97. The van der Waals surface area contributed by atoms with Crippen molar-refractivity contribution in [1.82, 2.24) is 0 Å². The lowest BCUT2D eigenvalue weighted by Gasteiger charge is -2.56. The average molecular weight is 294 g/mol. The molecule has 4 heterocycles. The van der Waals surface area contributed by atoms with Crippen molar-refractivity contribution in [1.29, 1.82) is 0 Å². The first-order valence-corrected chi connectivity index (χ1v) is 7.87. The van der Waals surface area contributed by atoms with Crippen LogP contribution < -0.4 is 0 Å². The average Bonchev–Trinajstić information content (AvgIpc) is 2.69. The van der Waals surface area contributed by atoms with Crippen LogP contribution >= 0.6 is 0 Å². The van der Waals surface area contributed by atoms with Crippen LogP contribution in [-0.4, -0.2) is 24.0 Å². The molecule has 5 rings (SSSR count). The van der Waals surface area contributed by atoms with Gasteiger partial charge >= 0.3 is 0 Å². The molecule has 3 saturated heterocycles. The maximum atomic E-state index is 11.3. The molecule has 5 aliphatic rings. The van der Waals surface area contributed by atoms with Crippen LogP contribution in [0.5, 0.6) is 0 Å². The van der Waals surface area contributed by atoms with Crippen LogP contribution in [0.3, 0.4) is 0 Å². The fourth-order valence-corrected chi connectivity index (χ4v) is 4.76. The fraction of sp³-hybridized carbons (Fsp3) is 0.812. The Balaban J connectivity index is 1.87. The van der Waals surface area contributed by atoms with Crippen LogP contribution in [-0.2, 0) is 24.0 Å². The van der Waals surface area contributed by atoms with E-state index in [9.17, 15) is 4.79 Å². The number of carbonyl (C=O) groups is 1. The Hall–Kier alpha value is -0.910. The molecule has 4 aliphatic heterocycles. The Bertz CT molecular complexity index is 515. The minimum Gasteiger partial charge on any atom is -0.458 e. The van der Waals surface area contributed by atoms with E-state index in [1.165, 1.54) is 0 Å². The third-order valence-corrected chi connectivity index (χ3v) is 5.97. The van der Waals surface area contributed by atoms with Crippen LogP contribution in [0.1, 0.15) is 46.5 Å². The third kappa shape index (κ3) is 1.65. The summed E-state index contributed by atoms with van der Waals surface area (Å²) in [6.45, 7) is 6.12. The zero-order valence-electron chi connectivity index (χ0n) is 12.8. The zero-order chi connectivity index (χ0) is 14.8. The highest BCUT2D eigenvalue weighted by Gasteiger charge is 2.68. The van der Waals surface area contributed by atoms with Gasteiger partial charge in [-0.05, 0) is 44.6 Å². The molecule has 0 aromatic heterocycles. The van der Waals surface area contributed by atoms with Gasteiger partial charge in [0.1, 0.15) is 0 Å². The van der Waals surface area contributed by atoms with Crippen LogP contribution in [0.15, 0.2) is 11.3 Å². The topological polar surface area (TPSA) is 54.0 Å². The lowest BCUT2D eigenvalue weighted by atomic mass is 9.59. The highest BCUT2D eigenvalue weighted by Crippen LogP contribution is 2.59. The number of allylic oxidation sites excluding steroid dienone is 1. The van der Waals surface area contributed by atoms with Crippen molar-refractivity contribution in [2.24, 2.45) is 17.8 Å². The maximum absolute atomic E-state index is 11.3. The van der Waals surface area contributed by atoms with Gasteiger partial charge in [0.05, 0.1) is 0 Å². The van der Waals surface area contributed by atoms with Crippen molar-refractivity contribution in [3.63, 3.8) is 0 Å². The fourth-order valence-electron chi connectivity index (χ4n) is 4.76. The first kappa shape index (κ1) is 13.7. The predicted octanol–water partition coefficient (Wildman–Crippen LogP) is 2.71. The van der Waals surface area contributed by atoms with Crippen molar-refractivity contribution < 1.29 is 24.0 Å². The van der Waals surface area contributed by atoms with Crippen LogP contribution in [0.2, 0.25) is 0 Å². The van der Waals surface area contributed by atoms with E-state index in [4.69, 9.17) is 19.2 Å². The SMILES string of the molecule is CC1=C(C=O)OC2O[C@]3(C)CC[C@H]4[C@H](C)CC[C@@H]1[C@@]24OO3. The summed E-state index contributed by atoms with van der Waals surface area (Å²) >= 11 is 0. The van der Waals surface area contributed by atoms with E-state index in [1.807, 2.05) is 13.8 Å². The van der Waals surface area contributed by atoms with Gasteiger partial charge < -0.3 is 9.47 Å². The van der Waals surface area contributed by atoms with Crippen LogP contribution in [0, 0.1) is 17.8 Å². The van der Waals surface area contributed by atoms with Crippen LogP contribution in [0.25, 0.3) is 0 Å². The largest absolute Gasteiger partial charge is 0.458 e. The van der Waals surface area contributed by atoms with Crippen LogP contribution in [0.4, 0.5) is 0 Å². The highest BCUT2D eigenvalue weighted by molar-refractivity contribution is 5.72. The lowest BCUT2D eigenvalue weighted by molar-refractivity contribution is -0.555. The summed E-state index contributed by atoms with van der Waals surface area (Å²) in [6.07, 6.45) is 4.13. The molecular weight excluding hydrogens is 272 g/mol. The molecule has 1 saturated carbocycles. The van der Waals surface area contributed by atoms with E-state index >= 15 is 0 Å². The quantitative estimate of drug-likeness (QED) is 0.550. The molecule has 1 aliphatic carbocycles. The molecule has 2 bridgehead atoms. The summed E-state index contributed by atoms with van der Waals surface area (Å²) in [5.41, 5.74) is 0.362. The molecule has 5 heteroatoms. The zero-order valence-corrected chi connectivity index (χ0v) is 12.8. The number of hydrogen-bond donors (Lipinski definition) is 0. The molecule has 0 N–H and O–H groups in total.